The Labute approximate surface area is 178 Å². The number of unbranched alkanes of at least 4 members (excludes halogenated alkanes) is 14. The lowest BCUT2D eigenvalue weighted by Crippen LogP contribution is -2.41. The van der Waals surface area contributed by atoms with Crippen molar-refractivity contribution in [2.75, 3.05) is 13.2 Å². The van der Waals surface area contributed by atoms with Crippen LogP contribution < -0.4 is 0 Å². The minimum absolute atomic E-state index is 0.124. The minimum Gasteiger partial charge on any atom is -0.493 e. The summed E-state index contributed by atoms with van der Waals surface area (Å²) in [4.78, 5) is 0. The molecular formula is C24H46O5. The fraction of sp³-hybridized carbons (Fsp3) is 0.917. The standard InChI is InChI=1S/C24H46O5/c1-2-3-4-5-6-7-8-9-10-11-12-13-14-15-16-17-18-28-24-22(27)20-29-23(24)21(26)19-25/h17-18,21-27H,2-16,19-20H2,1H3/b18-17+/t21-,22+,23-,24-/m1/s1. The number of rotatable bonds is 19. The Kier molecular flexibility index (Phi) is 16.6. The molecule has 0 bridgehead atoms. The highest BCUT2D eigenvalue weighted by Crippen LogP contribution is 2.21. The van der Waals surface area contributed by atoms with E-state index in [4.69, 9.17) is 14.6 Å². The Morgan fingerprint density at radius 1 is 0.897 bits per heavy atom. The quantitative estimate of drug-likeness (QED) is 0.208. The average Bonchev–Trinajstić information content (AvgIpc) is 3.10. The molecule has 1 fully saturated rings. The van der Waals surface area contributed by atoms with Gasteiger partial charge in [0.05, 0.1) is 19.5 Å². The number of hydrogen-bond donors (Lipinski definition) is 3. The van der Waals surface area contributed by atoms with E-state index in [-0.39, 0.29) is 6.61 Å². The number of ether oxygens (including phenoxy) is 2. The van der Waals surface area contributed by atoms with Gasteiger partial charge in [-0.2, -0.15) is 0 Å². The van der Waals surface area contributed by atoms with Gasteiger partial charge in [0.2, 0.25) is 0 Å². The summed E-state index contributed by atoms with van der Waals surface area (Å²) >= 11 is 0. The van der Waals surface area contributed by atoms with Gasteiger partial charge in [-0.3, -0.25) is 0 Å². The molecule has 0 unspecified atom stereocenters. The van der Waals surface area contributed by atoms with Crippen LogP contribution in [0.15, 0.2) is 12.3 Å². The van der Waals surface area contributed by atoms with Crippen LogP contribution >= 0.6 is 0 Å². The van der Waals surface area contributed by atoms with Gasteiger partial charge >= 0.3 is 0 Å². The van der Waals surface area contributed by atoms with E-state index in [0.717, 1.165) is 12.8 Å². The van der Waals surface area contributed by atoms with E-state index >= 15 is 0 Å². The fourth-order valence-corrected chi connectivity index (χ4v) is 3.89. The van der Waals surface area contributed by atoms with Gasteiger partial charge in [0, 0.05) is 0 Å². The SMILES string of the molecule is CCCCCCCCCCCCCCCC/C=C/O[C@H]1[C@@H]([C@H](O)CO)OC[C@@H]1O. The molecule has 3 N–H and O–H groups in total. The summed E-state index contributed by atoms with van der Waals surface area (Å²) < 4.78 is 10.8. The highest BCUT2D eigenvalue weighted by atomic mass is 16.6. The molecule has 0 radical (unpaired) electrons. The van der Waals surface area contributed by atoms with Crippen LogP contribution in [0.1, 0.15) is 103 Å². The van der Waals surface area contributed by atoms with Crippen molar-refractivity contribution in [1.82, 2.24) is 0 Å². The number of aliphatic hydroxyl groups excluding tert-OH is 3. The molecule has 0 saturated carbocycles. The molecule has 1 aliphatic heterocycles. The second kappa shape index (κ2) is 18.2. The van der Waals surface area contributed by atoms with E-state index in [1.165, 1.54) is 83.5 Å². The molecule has 0 aliphatic carbocycles. The third-order valence-corrected chi connectivity index (χ3v) is 5.79. The second-order valence-corrected chi connectivity index (χ2v) is 8.47. The first-order valence-electron chi connectivity index (χ1n) is 12.1. The summed E-state index contributed by atoms with van der Waals surface area (Å²) in [7, 11) is 0. The van der Waals surface area contributed by atoms with Crippen molar-refractivity contribution in [2.45, 2.75) is 128 Å². The van der Waals surface area contributed by atoms with Crippen LogP contribution in [-0.4, -0.2) is 52.9 Å². The topological polar surface area (TPSA) is 79.2 Å². The second-order valence-electron chi connectivity index (χ2n) is 8.47. The molecule has 172 valence electrons. The zero-order chi connectivity index (χ0) is 21.2. The Morgan fingerprint density at radius 2 is 1.41 bits per heavy atom. The summed E-state index contributed by atoms with van der Waals surface area (Å²) in [6, 6.07) is 0. The molecule has 0 aromatic rings. The van der Waals surface area contributed by atoms with Crippen molar-refractivity contribution < 1.29 is 24.8 Å². The van der Waals surface area contributed by atoms with Crippen LogP contribution in [0.5, 0.6) is 0 Å². The van der Waals surface area contributed by atoms with Crippen LogP contribution in [0.2, 0.25) is 0 Å². The maximum Gasteiger partial charge on any atom is 0.154 e. The van der Waals surface area contributed by atoms with Crippen molar-refractivity contribution in [3.05, 3.63) is 12.3 Å². The fourth-order valence-electron chi connectivity index (χ4n) is 3.89. The molecule has 1 aliphatic rings. The molecule has 1 rings (SSSR count). The predicted octanol–water partition coefficient (Wildman–Crippen LogP) is 4.87. The molecule has 0 aromatic carbocycles. The van der Waals surface area contributed by atoms with Crippen LogP contribution in [-0.2, 0) is 9.47 Å². The third kappa shape index (κ3) is 12.6. The molecule has 0 amide bonds. The number of hydrogen-bond acceptors (Lipinski definition) is 5. The molecule has 5 nitrogen and oxygen atoms in total. The van der Waals surface area contributed by atoms with Crippen LogP contribution in [0.3, 0.4) is 0 Å². The lowest BCUT2D eigenvalue weighted by Gasteiger charge is -2.22. The summed E-state index contributed by atoms with van der Waals surface area (Å²) in [5, 5.41) is 28.6. The summed E-state index contributed by atoms with van der Waals surface area (Å²) in [6.07, 6.45) is 20.4. The first-order valence-corrected chi connectivity index (χ1v) is 12.1. The number of aliphatic hydroxyl groups is 3. The third-order valence-electron chi connectivity index (χ3n) is 5.79. The smallest absolute Gasteiger partial charge is 0.154 e. The van der Waals surface area contributed by atoms with Crippen molar-refractivity contribution in [3.8, 4) is 0 Å². The predicted molar refractivity (Wildman–Crippen MR) is 118 cm³/mol. The first-order chi connectivity index (χ1) is 14.2. The van der Waals surface area contributed by atoms with E-state index in [2.05, 4.69) is 6.92 Å². The molecule has 4 atom stereocenters. The minimum atomic E-state index is -1.03. The Bertz CT molecular complexity index is 387. The average molecular weight is 415 g/mol. The zero-order valence-electron chi connectivity index (χ0n) is 18.6. The Hall–Kier alpha value is -0.620. The number of allylic oxidation sites excluding steroid dienone is 1. The van der Waals surface area contributed by atoms with E-state index in [0.29, 0.717) is 0 Å². The monoisotopic (exact) mass is 414 g/mol. The molecule has 0 spiro atoms. The summed E-state index contributed by atoms with van der Waals surface area (Å²) in [5.74, 6) is 0. The first kappa shape index (κ1) is 26.4. The Balaban J connectivity index is 1.88. The van der Waals surface area contributed by atoms with E-state index in [1.54, 1.807) is 6.26 Å². The molecule has 5 heteroatoms. The van der Waals surface area contributed by atoms with Crippen molar-refractivity contribution in [3.63, 3.8) is 0 Å². The van der Waals surface area contributed by atoms with Crippen molar-refractivity contribution >= 4 is 0 Å². The molecular weight excluding hydrogens is 368 g/mol. The van der Waals surface area contributed by atoms with E-state index < -0.39 is 31.0 Å². The van der Waals surface area contributed by atoms with Gasteiger partial charge in [-0.25, -0.2) is 0 Å². The van der Waals surface area contributed by atoms with Gasteiger partial charge in [-0.1, -0.05) is 90.4 Å². The normalized spacial score (nSPS) is 23.1. The summed E-state index contributed by atoms with van der Waals surface area (Å²) in [5.41, 5.74) is 0. The molecule has 0 aromatic heterocycles. The zero-order valence-corrected chi connectivity index (χ0v) is 18.6. The largest absolute Gasteiger partial charge is 0.493 e. The lowest BCUT2D eigenvalue weighted by atomic mass is 10.0. The Morgan fingerprint density at radius 3 is 1.93 bits per heavy atom. The van der Waals surface area contributed by atoms with Crippen molar-refractivity contribution in [2.24, 2.45) is 0 Å². The van der Waals surface area contributed by atoms with Crippen LogP contribution in [0.25, 0.3) is 0 Å². The van der Waals surface area contributed by atoms with E-state index in [9.17, 15) is 10.2 Å². The molecule has 1 saturated heterocycles. The summed E-state index contributed by atoms with van der Waals surface area (Å²) in [6.45, 7) is 1.99. The van der Waals surface area contributed by atoms with Gasteiger partial charge in [0.15, 0.2) is 6.10 Å². The van der Waals surface area contributed by atoms with Gasteiger partial charge in [-0.15, -0.1) is 0 Å². The van der Waals surface area contributed by atoms with Gasteiger partial charge < -0.3 is 24.8 Å². The van der Waals surface area contributed by atoms with Gasteiger partial charge in [-0.05, 0) is 18.9 Å². The molecule has 29 heavy (non-hydrogen) atoms. The maximum absolute atomic E-state index is 9.86. The maximum atomic E-state index is 9.86. The highest BCUT2D eigenvalue weighted by Gasteiger charge is 2.41. The molecule has 1 heterocycles. The van der Waals surface area contributed by atoms with Crippen LogP contribution in [0.4, 0.5) is 0 Å². The lowest BCUT2D eigenvalue weighted by molar-refractivity contribution is -0.0721. The van der Waals surface area contributed by atoms with Gasteiger partial charge in [0.25, 0.3) is 0 Å². The van der Waals surface area contributed by atoms with Crippen LogP contribution in [0, 0.1) is 0 Å². The highest BCUT2D eigenvalue weighted by molar-refractivity contribution is 4.91. The van der Waals surface area contributed by atoms with E-state index in [1.807, 2.05) is 6.08 Å². The van der Waals surface area contributed by atoms with Gasteiger partial charge in [0.1, 0.15) is 18.3 Å². The van der Waals surface area contributed by atoms with Crippen molar-refractivity contribution in [1.29, 1.82) is 0 Å².